The highest BCUT2D eigenvalue weighted by Crippen LogP contribution is 2.28. The van der Waals surface area contributed by atoms with Crippen LogP contribution in [0.1, 0.15) is 17.7 Å². The molecule has 1 saturated heterocycles. The Bertz CT molecular complexity index is 483. The van der Waals surface area contributed by atoms with E-state index in [0.717, 1.165) is 17.7 Å². The first-order chi connectivity index (χ1) is 8.04. The van der Waals surface area contributed by atoms with Crippen molar-refractivity contribution in [3.63, 3.8) is 0 Å². The van der Waals surface area contributed by atoms with Crippen molar-refractivity contribution in [2.24, 2.45) is 5.92 Å². The minimum Gasteiger partial charge on any atom is -0.206 e. The quantitative estimate of drug-likeness (QED) is 0.804. The highest BCUT2D eigenvalue weighted by molar-refractivity contribution is 7.91. The minimum absolute atomic E-state index is 0.293. The lowest BCUT2D eigenvalue weighted by molar-refractivity contribution is 0.284. The summed E-state index contributed by atoms with van der Waals surface area (Å²) in [6, 6.07) is 3.54. The summed E-state index contributed by atoms with van der Waals surface area (Å²) >= 11 is 7.16. The summed E-state index contributed by atoms with van der Waals surface area (Å²) in [6.45, 7) is 3.09. The molecule has 0 aromatic carbocycles. The number of piperidine rings is 1. The molecule has 1 aliphatic heterocycles. The Morgan fingerprint density at radius 2 is 2.29 bits per heavy atom. The van der Waals surface area contributed by atoms with Gasteiger partial charge in [0.25, 0.3) is 10.0 Å². The van der Waals surface area contributed by atoms with Crippen LogP contribution in [0.5, 0.6) is 0 Å². The monoisotopic (exact) mass is 293 g/mol. The van der Waals surface area contributed by atoms with Crippen molar-refractivity contribution >= 4 is 33.0 Å². The van der Waals surface area contributed by atoms with Gasteiger partial charge < -0.3 is 0 Å². The highest BCUT2D eigenvalue weighted by atomic mass is 35.5. The van der Waals surface area contributed by atoms with Crippen LogP contribution in [0.2, 0.25) is 0 Å². The van der Waals surface area contributed by atoms with Gasteiger partial charge in [0.05, 0.1) is 0 Å². The third-order valence-corrected chi connectivity index (χ3v) is 6.78. The Hall–Kier alpha value is -0.100. The van der Waals surface area contributed by atoms with E-state index in [0.29, 0.717) is 29.1 Å². The van der Waals surface area contributed by atoms with Gasteiger partial charge >= 0.3 is 0 Å². The van der Waals surface area contributed by atoms with Crippen LogP contribution in [-0.2, 0) is 10.0 Å². The molecule has 1 fully saturated rings. The molecule has 1 aliphatic rings. The van der Waals surface area contributed by atoms with E-state index in [9.17, 15) is 8.42 Å². The summed E-state index contributed by atoms with van der Waals surface area (Å²) in [4.78, 5) is 1.02. The highest BCUT2D eigenvalue weighted by Gasteiger charge is 2.30. The molecule has 0 amide bonds. The lowest BCUT2D eigenvalue weighted by Crippen LogP contribution is -2.40. The molecule has 2 heterocycles. The molecule has 1 aromatic heterocycles. The topological polar surface area (TPSA) is 37.4 Å². The van der Waals surface area contributed by atoms with Crippen molar-refractivity contribution in [2.45, 2.75) is 24.0 Å². The Morgan fingerprint density at radius 3 is 2.88 bits per heavy atom. The summed E-state index contributed by atoms with van der Waals surface area (Å²) in [5, 5.41) is 0. The fourth-order valence-electron chi connectivity index (χ4n) is 2.05. The number of thiophene rings is 1. The molecule has 2 rings (SSSR count). The number of hydrogen-bond donors (Lipinski definition) is 0. The number of rotatable bonds is 3. The average molecular weight is 294 g/mol. The summed E-state index contributed by atoms with van der Waals surface area (Å²) in [5.41, 5.74) is 0. The number of halogens is 1. The molecule has 0 spiro atoms. The zero-order valence-corrected chi connectivity index (χ0v) is 12.1. The van der Waals surface area contributed by atoms with Gasteiger partial charge in [-0.15, -0.1) is 22.9 Å². The molecule has 1 unspecified atom stereocenters. The second-order valence-electron chi connectivity index (χ2n) is 4.39. The molecular weight excluding hydrogens is 278 g/mol. The number of aryl methyl sites for hydroxylation is 1. The van der Waals surface area contributed by atoms with Gasteiger partial charge in [0, 0.05) is 23.8 Å². The van der Waals surface area contributed by atoms with Crippen molar-refractivity contribution in [2.75, 3.05) is 19.0 Å². The van der Waals surface area contributed by atoms with E-state index in [1.54, 1.807) is 10.4 Å². The van der Waals surface area contributed by atoms with Crippen molar-refractivity contribution in [1.82, 2.24) is 4.31 Å². The molecule has 1 aromatic rings. The molecule has 96 valence electrons. The molecule has 1 atom stereocenters. The van der Waals surface area contributed by atoms with Crippen molar-refractivity contribution in [3.05, 3.63) is 17.0 Å². The number of nitrogens with zero attached hydrogens (tertiary/aromatic N) is 1. The first-order valence-corrected chi connectivity index (χ1v) is 8.45. The third kappa shape index (κ3) is 2.84. The Balaban J connectivity index is 2.21. The van der Waals surface area contributed by atoms with Crippen molar-refractivity contribution in [1.29, 1.82) is 0 Å². The molecular formula is C11H16ClNO2S2. The maximum atomic E-state index is 12.4. The zero-order valence-electron chi connectivity index (χ0n) is 9.73. The lowest BCUT2D eigenvalue weighted by atomic mass is 10.0. The van der Waals surface area contributed by atoms with Gasteiger partial charge in [-0.1, -0.05) is 0 Å². The van der Waals surface area contributed by atoms with E-state index >= 15 is 0 Å². The number of alkyl halides is 1. The second-order valence-corrected chi connectivity index (χ2v) is 8.15. The van der Waals surface area contributed by atoms with Crippen molar-refractivity contribution < 1.29 is 8.42 Å². The number of sulfonamides is 1. The molecule has 3 nitrogen and oxygen atoms in total. The molecule has 17 heavy (non-hydrogen) atoms. The largest absolute Gasteiger partial charge is 0.252 e. The van der Waals surface area contributed by atoms with Crippen LogP contribution in [0.3, 0.4) is 0 Å². The Morgan fingerprint density at radius 1 is 1.53 bits per heavy atom. The van der Waals surface area contributed by atoms with Gasteiger partial charge in [0.2, 0.25) is 0 Å². The van der Waals surface area contributed by atoms with Crippen LogP contribution in [0.4, 0.5) is 0 Å². The minimum atomic E-state index is -3.29. The van der Waals surface area contributed by atoms with Gasteiger partial charge in [0.1, 0.15) is 4.21 Å². The molecule has 0 saturated carbocycles. The van der Waals surface area contributed by atoms with E-state index < -0.39 is 10.0 Å². The van der Waals surface area contributed by atoms with E-state index in [2.05, 4.69) is 0 Å². The average Bonchev–Trinajstić information content (AvgIpc) is 2.76. The standard InChI is InChI=1S/C11H16ClNO2S2/c1-9-4-5-11(16-9)17(14,15)13-6-2-3-10(7-12)8-13/h4-5,10H,2-3,6-8H2,1H3. The predicted octanol–water partition coefficient (Wildman–Crippen LogP) is 2.70. The number of hydrogen-bond acceptors (Lipinski definition) is 3. The first kappa shape index (κ1) is 13.3. The van der Waals surface area contributed by atoms with Crippen LogP contribution >= 0.6 is 22.9 Å². The summed E-state index contributed by atoms with van der Waals surface area (Å²) in [7, 11) is -3.29. The summed E-state index contributed by atoms with van der Waals surface area (Å²) < 4.78 is 26.7. The smallest absolute Gasteiger partial charge is 0.206 e. The summed E-state index contributed by atoms with van der Waals surface area (Å²) in [6.07, 6.45) is 1.93. The van der Waals surface area contributed by atoms with Crippen LogP contribution in [0, 0.1) is 12.8 Å². The molecule has 0 aliphatic carbocycles. The summed E-state index contributed by atoms with van der Waals surface area (Å²) in [5.74, 6) is 0.830. The van der Waals surface area contributed by atoms with Crippen LogP contribution in [0.15, 0.2) is 16.3 Å². The normalized spacial score (nSPS) is 22.8. The maximum Gasteiger partial charge on any atom is 0.252 e. The third-order valence-electron chi connectivity index (χ3n) is 3.01. The van der Waals surface area contributed by atoms with Gasteiger partial charge in [-0.05, 0) is 37.8 Å². The van der Waals surface area contributed by atoms with Gasteiger partial charge in [-0.2, -0.15) is 4.31 Å². The molecule has 0 N–H and O–H groups in total. The van der Waals surface area contributed by atoms with Crippen LogP contribution in [-0.4, -0.2) is 31.7 Å². The Labute approximate surface area is 111 Å². The molecule has 0 bridgehead atoms. The van der Waals surface area contributed by atoms with E-state index in [-0.39, 0.29) is 0 Å². The zero-order chi connectivity index (χ0) is 12.5. The lowest BCUT2D eigenvalue weighted by Gasteiger charge is -2.30. The van der Waals surface area contributed by atoms with Gasteiger partial charge in [-0.25, -0.2) is 8.42 Å². The van der Waals surface area contributed by atoms with E-state index in [1.807, 2.05) is 13.0 Å². The van der Waals surface area contributed by atoms with Crippen LogP contribution < -0.4 is 0 Å². The second kappa shape index (κ2) is 5.26. The fourth-order valence-corrected chi connectivity index (χ4v) is 5.29. The molecule has 0 radical (unpaired) electrons. The Kier molecular flexibility index (Phi) is 4.13. The molecule has 6 heteroatoms. The van der Waals surface area contributed by atoms with Crippen molar-refractivity contribution in [3.8, 4) is 0 Å². The van der Waals surface area contributed by atoms with E-state index in [4.69, 9.17) is 11.6 Å². The fraction of sp³-hybridized carbons (Fsp3) is 0.636. The van der Waals surface area contributed by atoms with Gasteiger partial charge in [-0.3, -0.25) is 0 Å². The SMILES string of the molecule is Cc1ccc(S(=O)(=O)N2CCCC(CCl)C2)s1. The van der Waals surface area contributed by atoms with E-state index in [1.165, 1.54) is 11.3 Å². The maximum absolute atomic E-state index is 12.4. The van der Waals surface area contributed by atoms with Gasteiger partial charge in [0.15, 0.2) is 0 Å². The predicted molar refractivity (Wildman–Crippen MR) is 71.3 cm³/mol. The first-order valence-electron chi connectivity index (χ1n) is 5.66. The van der Waals surface area contributed by atoms with Crippen LogP contribution in [0.25, 0.3) is 0 Å².